The molecule has 0 atom stereocenters. The fourth-order valence-electron chi connectivity index (χ4n) is 3.79. The van der Waals surface area contributed by atoms with Crippen LogP contribution in [0.4, 0.5) is 22.3 Å². The maximum Gasteiger partial charge on any atom is 0.187 e. The Morgan fingerprint density at radius 2 is 1.79 bits per heavy atom. The van der Waals surface area contributed by atoms with Crippen molar-refractivity contribution in [2.75, 3.05) is 10.6 Å². The molecule has 0 saturated heterocycles. The highest BCUT2D eigenvalue weighted by atomic mass is 32.1. The van der Waals surface area contributed by atoms with Gasteiger partial charge in [0.05, 0.1) is 12.0 Å². The third kappa shape index (κ3) is 4.70. The third-order valence-electron chi connectivity index (χ3n) is 5.70. The second-order valence-corrected chi connectivity index (χ2v) is 9.01. The van der Waals surface area contributed by atoms with Crippen molar-refractivity contribution in [1.82, 2.24) is 19.5 Å². The zero-order valence-corrected chi connectivity index (χ0v) is 20.2. The average molecular weight is 467 g/mol. The number of nitrogens with one attached hydrogen (secondary N) is 2. The van der Waals surface area contributed by atoms with Gasteiger partial charge in [-0.25, -0.2) is 15.0 Å². The topological polar surface area (TPSA) is 67.7 Å². The molecule has 0 saturated carbocycles. The van der Waals surface area contributed by atoms with Crippen molar-refractivity contribution in [3.8, 4) is 16.9 Å². The van der Waals surface area contributed by atoms with Crippen molar-refractivity contribution in [2.24, 2.45) is 0 Å². The van der Waals surface area contributed by atoms with E-state index in [2.05, 4.69) is 94.4 Å². The molecule has 170 valence electrons. The Labute approximate surface area is 203 Å². The van der Waals surface area contributed by atoms with Gasteiger partial charge in [-0.05, 0) is 67.8 Å². The molecule has 3 heterocycles. The van der Waals surface area contributed by atoms with Gasteiger partial charge in [0.1, 0.15) is 5.82 Å². The van der Waals surface area contributed by atoms with Crippen LogP contribution in [0.5, 0.6) is 0 Å². The number of hydrogen-bond donors (Lipinski definition) is 2. The minimum Gasteiger partial charge on any atom is -0.340 e. The Kier molecular flexibility index (Phi) is 6.10. The number of thiazole rings is 1. The van der Waals surface area contributed by atoms with E-state index in [0.29, 0.717) is 0 Å². The van der Waals surface area contributed by atoms with Gasteiger partial charge >= 0.3 is 0 Å². The van der Waals surface area contributed by atoms with Gasteiger partial charge < -0.3 is 15.2 Å². The van der Waals surface area contributed by atoms with E-state index in [1.165, 1.54) is 5.56 Å². The molecule has 7 heteroatoms. The van der Waals surface area contributed by atoms with Gasteiger partial charge in [0.25, 0.3) is 0 Å². The highest BCUT2D eigenvalue weighted by Crippen LogP contribution is 2.30. The van der Waals surface area contributed by atoms with Crippen LogP contribution in [-0.4, -0.2) is 19.5 Å². The van der Waals surface area contributed by atoms with Crippen molar-refractivity contribution >= 4 is 33.7 Å². The first kappa shape index (κ1) is 21.9. The summed E-state index contributed by atoms with van der Waals surface area (Å²) in [6, 6.07) is 18.8. The van der Waals surface area contributed by atoms with Crippen LogP contribution >= 0.6 is 11.3 Å². The number of benzene rings is 2. The summed E-state index contributed by atoms with van der Waals surface area (Å²) in [4.78, 5) is 13.6. The van der Waals surface area contributed by atoms with Crippen LogP contribution in [0, 0.1) is 13.8 Å². The molecule has 2 aromatic carbocycles. The minimum absolute atomic E-state index is 0.867. The number of nitrogens with zero attached hydrogens (tertiary/aromatic N) is 4. The Balaban J connectivity index is 1.29. The first-order valence-corrected chi connectivity index (χ1v) is 12.1. The Morgan fingerprint density at radius 3 is 2.53 bits per heavy atom. The van der Waals surface area contributed by atoms with Crippen LogP contribution in [0.3, 0.4) is 0 Å². The average Bonchev–Trinajstić information content (AvgIpc) is 3.54. The Hall–Kier alpha value is -3.97. The second kappa shape index (κ2) is 9.49. The molecule has 0 aliphatic carbocycles. The number of aryl methyl sites for hydroxylation is 3. The molecule has 0 bridgehead atoms. The number of imidazole rings is 1. The molecule has 2 N–H and O–H groups in total. The van der Waals surface area contributed by atoms with Gasteiger partial charge in [-0.2, -0.15) is 0 Å². The lowest BCUT2D eigenvalue weighted by Crippen LogP contribution is -2.01. The molecule has 5 aromatic rings. The second-order valence-electron chi connectivity index (χ2n) is 8.15. The molecular weight excluding hydrogens is 440 g/mol. The van der Waals surface area contributed by atoms with Crippen LogP contribution in [0.1, 0.15) is 23.7 Å². The molecule has 0 spiro atoms. The molecular formula is C27H26N6S. The molecule has 34 heavy (non-hydrogen) atoms. The van der Waals surface area contributed by atoms with E-state index in [0.717, 1.165) is 56.9 Å². The standard InChI is InChI=1S/C27H26N6S/c1-4-20-6-5-19(3)29-26(20)30-22-9-12-24(18(2)15-22)31-27-32-25(16-34-27)21-7-10-23(11-8-21)33-14-13-28-17-33/h5-17H,4H2,1-3H3,(H,29,30)(H,31,32). The van der Waals surface area contributed by atoms with Crippen molar-refractivity contribution in [1.29, 1.82) is 0 Å². The summed E-state index contributed by atoms with van der Waals surface area (Å²) in [5, 5.41) is 9.89. The summed E-state index contributed by atoms with van der Waals surface area (Å²) in [7, 11) is 0. The molecule has 0 radical (unpaired) electrons. The van der Waals surface area contributed by atoms with Gasteiger partial charge in [-0.3, -0.25) is 0 Å². The van der Waals surface area contributed by atoms with Crippen LogP contribution in [-0.2, 0) is 6.42 Å². The first-order chi connectivity index (χ1) is 16.6. The molecule has 0 aliphatic heterocycles. The van der Waals surface area contributed by atoms with Gasteiger partial charge in [0.15, 0.2) is 5.13 Å². The van der Waals surface area contributed by atoms with Crippen LogP contribution in [0.2, 0.25) is 0 Å². The van der Waals surface area contributed by atoms with Crippen molar-refractivity contribution in [2.45, 2.75) is 27.2 Å². The van der Waals surface area contributed by atoms with Crippen LogP contribution in [0.25, 0.3) is 16.9 Å². The van der Waals surface area contributed by atoms with E-state index in [1.807, 2.05) is 17.7 Å². The van der Waals surface area contributed by atoms with Gasteiger partial charge in [0, 0.05) is 46.1 Å². The Bertz CT molecular complexity index is 1400. The van der Waals surface area contributed by atoms with Crippen molar-refractivity contribution in [3.05, 3.63) is 95.5 Å². The molecule has 6 nitrogen and oxygen atoms in total. The minimum atomic E-state index is 0.867. The lowest BCUT2D eigenvalue weighted by Gasteiger charge is -2.13. The van der Waals surface area contributed by atoms with Crippen LogP contribution < -0.4 is 10.6 Å². The maximum absolute atomic E-state index is 4.79. The zero-order valence-electron chi connectivity index (χ0n) is 19.4. The fraction of sp³-hybridized carbons (Fsp3) is 0.148. The monoisotopic (exact) mass is 466 g/mol. The van der Waals surface area contributed by atoms with E-state index < -0.39 is 0 Å². The summed E-state index contributed by atoms with van der Waals surface area (Å²) in [5.74, 6) is 0.922. The van der Waals surface area contributed by atoms with E-state index >= 15 is 0 Å². The number of rotatable bonds is 7. The number of pyridine rings is 1. The highest BCUT2D eigenvalue weighted by Gasteiger charge is 2.09. The third-order valence-corrected chi connectivity index (χ3v) is 6.46. The maximum atomic E-state index is 4.79. The van der Waals surface area contributed by atoms with E-state index in [1.54, 1.807) is 23.9 Å². The number of anilines is 4. The summed E-state index contributed by atoms with van der Waals surface area (Å²) >= 11 is 1.60. The lowest BCUT2D eigenvalue weighted by molar-refractivity contribution is 1.06. The fourth-order valence-corrected chi connectivity index (χ4v) is 4.52. The first-order valence-electron chi connectivity index (χ1n) is 11.2. The van der Waals surface area contributed by atoms with Crippen molar-refractivity contribution < 1.29 is 0 Å². The highest BCUT2D eigenvalue weighted by molar-refractivity contribution is 7.14. The molecule has 0 aliphatic rings. The molecule has 5 rings (SSSR count). The van der Waals surface area contributed by atoms with Gasteiger partial charge in [-0.15, -0.1) is 11.3 Å². The lowest BCUT2D eigenvalue weighted by atomic mass is 10.1. The normalized spacial score (nSPS) is 10.9. The van der Waals surface area contributed by atoms with E-state index in [9.17, 15) is 0 Å². The zero-order chi connectivity index (χ0) is 23.5. The molecule has 0 unspecified atom stereocenters. The summed E-state index contributed by atoms with van der Waals surface area (Å²) in [6.45, 7) is 6.26. The van der Waals surface area contributed by atoms with E-state index in [-0.39, 0.29) is 0 Å². The predicted octanol–water partition coefficient (Wildman–Crippen LogP) is 7.06. The molecule has 0 amide bonds. The number of aromatic nitrogens is 4. The Morgan fingerprint density at radius 1 is 0.941 bits per heavy atom. The van der Waals surface area contributed by atoms with Gasteiger partial charge in [0.2, 0.25) is 0 Å². The molecule has 3 aromatic heterocycles. The van der Waals surface area contributed by atoms with Crippen molar-refractivity contribution in [3.63, 3.8) is 0 Å². The predicted molar refractivity (Wildman–Crippen MR) is 141 cm³/mol. The smallest absolute Gasteiger partial charge is 0.187 e. The SMILES string of the molecule is CCc1ccc(C)nc1Nc1ccc(Nc2nc(-c3ccc(-n4ccnc4)cc3)cs2)c(C)c1. The molecule has 0 fully saturated rings. The summed E-state index contributed by atoms with van der Waals surface area (Å²) < 4.78 is 1.98. The number of hydrogen-bond acceptors (Lipinski definition) is 6. The quantitative estimate of drug-likeness (QED) is 0.269. The van der Waals surface area contributed by atoms with Crippen LogP contribution in [0.15, 0.2) is 78.7 Å². The summed E-state index contributed by atoms with van der Waals surface area (Å²) in [5.41, 5.74) is 8.52. The largest absolute Gasteiger partial charge is 0.340 e. The summed E-state index contributed by atoms with van der Waals surface area (Å²) in [6.07, 6.45) is 6.44. The van der Waals surface area contributed by atoms with Gasteiger partial charge in [-0.1, -0.05) is 25.1 Å². The van der Waals surface area contributed by atoms with E-state index in [4.69, 9.17) is 4.98 Å².